The van der Waals surface area contributed by atoms with E-state index in [1.54, 1.807) is 32.9 Å². The number of cyclic esters (lactones) is 1. The predicted molar refractivity (Wildman–Crippen MR) is 104 cm³/mol. The molecule has 0 saturated carbocycles. The Bertz CT molecular complexity index is 755. The Hall–Kier alpha value is -2.90. The summed E-state index contributed by atoms with van der Waals surface area (Å²) in [6.45, 7) is 5.03. The molecule has 2 rings (SSSR count). The summed E-state index contributed by atoms with van der Waals surface area (Å²) in [6.07, 6.45) is 3.72. The minimum absolute atomic E-state index is 0.146. The third kappa shape index (κ3) is 7.93. The third-order valence-electron chi connectivity index (χ3n) is 4.05. The molecule has 158 valence electrons. The maximum atomic E-state index is 13.2. The van der Waals surface area contributed by atoms with Crippen molar-refractivity contribution in [1.82, 2.24) is 10.6 Å². The number of carbonyl (C=O) groups is 3. The monoisotopic (exact) mass is 406 g/mol. The first kappa shape index (κ1) is 22.4. The van der Waals surface area contributed by atoms with Crippen LogP contribution in [0.15, 0.2) is 36.4 Å². The van der Waals surface area contributed by atoms with Crippen LogP contribution in [-0.4, -0.2) is 36.2 Å². The quantitative estimate of drug-likeness (QED) is 0.581. The van der Waals surface area contributed by atoms with Gasteiger partial charge >= 0.3 is 12.1 Å². The maximum Gasteiger partial charge on any atom is 0.408 e. The van der Waals surface area contributed by atoms with E-state index in [0.29, 0.717) is 12.0 Å². The van der Waals surface area contributed by atoms with Gasteiger partial charge in [-0.1, -0.05) is 24.3 Å². The minimum atomic E-state index is -0.926. The molecule has 2 amide bonds. The number of alkyl carbamates (subject to hydrolysis) is 1. The summed E-state index contributed by atoms with van der Waals surface area (Å²) >= 11 is 0. The van der Waals surface area contributed by atoms with Gasteiger partial charge in [-0.25, -0.2) is 14.0 Å². The van der Waals surface area contributed by atoms with Crippen LogP contribution >= 0.6 is 0 Å². The Morgan fingerprint density at radius 1 is 1.21 bits per heavy atom. The molecular weight excluding hydrogens is 379 g/mol. The van der Waals surface area contributed by atoms with Crippen LogP contribution in [0.2, 0.25) is 0 Å². The van der Waals surface area contributed by atoms with E-state index in [2.05, 4.69) is 10.6 Å². The highest BCUT2D eigenvalue weighted by Gasteiger charge is 2.26. The summed E-state index contributed by atoms with van der Waals surface area (Å²) in [5, 5.41) is 5.32. The van der Waals surface area contributed by atoms with Crippen molar-refractivity contribution in [2.75, 3.05) is 6.61 Å². The summed E-state index contributed by atoms with van der Waals surface area (Å²) in [6, 6.07) is 4.04. The van der Waals surface area contributed by atoms with Crippen molar-refractivity contribution < 1.29 is 28.2 Å². The summed E-state index contributed by atoms with van der Waals surface area (Å²) in [5.41, 5.74) is -0.0931. The molecule has 1 heterocycles. The molecule has 0 aromatic heterocycles. The molecule has 1 aliphatic rings. The SMILES string of the molecule is CC(C)(C)OC(=O)N[C@@H]1C/C=C\CCC(=O)N[C@H](c2ccc(F)cc2)COC1=O. The van der Waals surface area contributed by atoms with Gasteiger partial charge in [0.1, 0.15) is 24.1 Å². The number of amides is 2. The number of allylic oxidation sites excluding steroid dienone is 1. The van der Waals surface area contributed by atoms with Crippen LogP contribution < -0.4 is 10.6 Å². The highest BCUT2D eigenvalue weighted by atomic mass is 19.1. The molecule has 0 unspecified atom stereocenters. The van der Waals surface area contributed by atoms with Crippen LogP contribution in [0.3, 0.4) is 0 Å². The van der Waals surface area contributed by atoms with Gasteiger partial charge in [-0.3, -0.25) is 4.79 Å². The number of halogens is 1. The molecule has 1 aliphatic heterocycles. The summed E-state index contributed by atoms with van der Waals surface area (Å²) in [5.74, 6) is -1.26. The number of rotatable bonds is 2. The second-order valence-corrected chi connectivity index (χ2v) is 7.75. The van der Waals surface area contributed by atoms with E-state index in [-0.39, 0.29) is 25.4 Å². The fourth-order valence-corrected chi connectivity index (χ4v) is 2.68. The lowest BCUT2D eigenvalue weighted by atomic mass is 10.1. The molecule has 2 atom stereocenters. The van der Waals surface area contributed by atoms with E-state index < -0.39 is 35.6 Å². The number of hydrogen-bond donors (Lipinski definition) is 2. The van der Waals surface area contributed by atoms with E-state index in [4.69, 9.17) is 9.47 Å². The highest BCUT2D eigenvalue weighted by Crippen LogP contribution is 2.16. The van der Waals surface area contributed by atoms with E-state index in [1.807, 2.05) is 0 Å². The van der Waals surface area contributed by atoms with Crippen molar-refractivity contribution in [1.29, 1.82) is 0 Å². The van der Waals surface area contributed by atoms with Gasteiger partial charge in [0, 0.05) is 6.42 Å². The van der Waals surface area contributed by atoms with Crippen LogP contribution in [0.25, 0.3) is 0 Å². The zero-order valence-electron chi connectivity index (χ0n) is 16.9. The average molecular weight is 406 g/mol. The maximum absolute atomic E-state index is 13.2. The number of nitrogens with one attached hydrogen (secondary N) is 2. The molecule has 7 nitrogen and oxygen atoms in total. The van der Waals surface area contributed by atoms with E-state index in [0.717, 1.165) is 0 Å². The number of hydrogen-bond acceptors (Lipinski definition) is 5. The summed E-state index contributed by atoms with van der Waals surface area (Å²) < 4.78 is 23.8. The second-order valence-electron chi connectivity index (χ2n) is 7.75. The molecule has 2 N–H and O–H groups in total. The van der Waals surface area contributed by atoms with Gasteiger partial charge in [-0.05, 0) is 51.3 Å². The molecule has 0 fully saturated rings. The number of esters is 1. The van der Waals surface area contributed by atoms with Crippen molar-refractivity contribution in [3.63, 3.8) is 0 Å². The molecule has 1 aromatic rings. The zero-order chi connectivity index (χ0) is 21.4. The van der Waals surface area contributed by atoms with Gasteiger partial charge in [0.15, 0.2) is 0 Å². The molecule has 29 heavy (non-hydrogen) atoms. The molecule has 0 spiro atoms. The van der Waals surface area contributed by atoms with Crippen LogP contribution in [0.4, 0.5) is 9.18 Å². The Labute approximate surface area is 169 Å². The lowest BCUT2D eigenvalue weighted by molar-refractivity contribution is -0.147. The van der Waals surface area contributed by atoms with Crippen LogP contribution in [0.1, 0.15) is 51.6 Å². The first-order chi connectivity index (χ1) is 13.6. The highest BCUT2D eigenvalue weighted by molar-refractivity contribution is 5.82. The van der Waals surface area contributed by atoms with E-state index in [1.165, 1.54) is 24.3 Å². The topological polar surface area (TPSA) is 93.7 Å². The Balaban J connectivity index is 2.13. The van der Waals surface area contributed by atoms with Gasteiger partial charge in [0.05, 0.1) is 6.04 Å². The minimum Gasteiger partial charge on any atom is -0.462 e. The number of ether oxygens (including phenoxy) is 2. The van der Waals surface area contributed by atoms with Crippen LogP contribution in [0.5, 0.6) is 0 Å². The molecular formula is C21H27FN2O5. The normalized spacial score (nSPS) is 22.3. The van der Waals surface area contributed by atoms with Gasteiger partial charge in [0.2, 0.25) is 5.91 Å². The largest absolute Gasteiger partial charge is 0.462 e. The van der Waals surface area contributed by atoms with Crippen molar-refractivity contribution >= 4 is 18.0 Å². The van der Waals surface area contributed by atoms with Crippen molar-refractivity contribution in [3.05, 3.63) is 47.8 Å². The Kier molecular flexibility index (Phi) is 7.75. The molecule has 0 radical (unpaired) electrons. The third-order valence-corrected chi connectivity index (χ3v) is 4.05. The van der Waals surface area contributed by atoms with E-state index >= 15 is 0 Å². The Morgan fingerprint density at radius 2 is 1.90 bits per heavy atom. The van der Waals surface area contributed by atoms with Gasteiger partial charge in [0.25, 0.3) is 0 Å². The first-order valence-electron chi connectivity index (χ1n) is 9.50. The summed E-state index contributed by atoms with van der Waals surface area (Å²) in [4.78, 5) is 36.7. The fourth-order valence-electron chi connectivity index (χ4n) is 2.68. The zero-order valence-corrected chi connectivity index (χ0v) is 16.9. The van der Waals surface area contributed by atoms with Crippen molar-refractivity contribution in [3.8, 4) is 0 Å². The number of benzene rings is 1. The van der Waals surface area contributed by atoms with Gasteiger partial charge in [-0.15, -0.1) is 0 Å². The standard InChI is InChI=1S/C21H27FN2O5/c1-21(2,3)29-20(27)24-16-7-5-4-6-8-18(25)23-17(13-28-19(16)26)14-9-11-15(22)12-10-14/h4-5,9-12,16-17H,6-8,13H2,1-3H3,(H,23,25)(H,24,27)/b5-4-/t16-,17+/m1/s1. The summed E-state index contributed by atoms with van der Waals surface area (Å²) in [7, 11) is 0. The van der Waals surface area contributed by atoms with Crippen LogP contribution in [0, 0.1) is 5.82 Å². The van der Waals surface area contributed by atoms with E-state index in [9.17, 15) is 18.8 Å². The predicted octanol–water partition coefficient (Wildman–Crippen LogP) is 3.16. The van der Waals surface area contributed by atoms with Crippen molar-refractivity contribution in [2.24, 2.45) is 0 Å². The van der Waals surface area contributed by atoms with Crippen molar-refractivity contribution in [2.45, 2.75) is 57.7 Å². The molecule has 1 aromatic carbocycles. The molecule has 0 bridgehead atoms. The number of carbonyl (C=O) groups excluding carboxylic acids is 3. The molecule has 0 saturated heterocycles. The average Bonchev–Trinajstić information content (AvgIpc) is 2.62. The Morgan fingerprint density at radius 3 is 2.55 bits per heavy atom. The second kappa shape index (κ2) is 10.0. The molecule has 8 heteroatoms. The lowest BCUT2D eigenvalue weighted by Crippen LogP contribution is -2.44. The van der Waals surface area contributed by atoms with Crippen LogP contribution in [-0.2, 0) is 19.1 Å². The fraction of sp³-hybridized carbons (Fsp3) is 0.476. The first-order valence-corrected chi connectivity index (χ1v) is 9.50. The van der Waals surface area contributed by atoms with Gasteiger partial charge in [-0.2, -0.15) is 0 Å². The lowest BCUT2D eigenvalue weighted by Gasteiger charge is -2.24. The van der Waals surface area contributed by atoms with Gasteiger partial charge < -0.3 is 20.1 Å². The molecule has 0 aliphatic carbocycles. The smallest absolute Gasteiger partial charge is 0.408 e.